The average molecular weight is 515 g/mol. The lowest BCUT2D eigenvalue weighted by molar-refractivity contribution is -0.131. The number of unbranched alkanes of at least 4 members (excludes halogenated alkanes) is 1. The summed E-state index contributed by atoms with van der Waals surface area (Å²) in [6.45, 7) is 17.3. The van der Waals surface area contributed by atoms with Crippen LogP contribution in [0, 0.1) is 13.8 Å². The summed E-state index contributed by atoms with van der Waals surface area (Å²) in [5, 5.41) is 0. The number of methoxy groups -OCH3 is 1. The first-order valence-corrected chi connectivity index (χ1v) is 19.2. The molecular weight excluding hydrogens is 468 g/mol. The first-order chi connectivity index (χ1) is 16.4. The van der Waals surface area contributed by atoms with Crippen molar-refractivity contribution in [3.8, 4) is 11.5 Å². The minimum atomic E-state index is -1.74. The average Bonchev–Trinajstić information content (AvgIpc) is 2.76. The molecule has 2 aromatic rings. The minimum Gasteiger partial charge on any atom is -0.496 e. The van der Waals surface area contributed by atoms with Crippen molar-refractivity contribution >= 4 is 22.6 Å². The Kier molecular flexibility index (Phi) is 10.8. The molecule has 194 valence electrons. The molecule has 0 heterocycles. The Labute approximate surface area is 215 Å². The second-order valence-electron chi connectivity index (χ2n) is 11.0. The van der Waals surface area contributed by atoms with E-state index in [-0.39, 0.29) is 11.9 Å². The van der Waals surface area contributed by atoms with Crippen LogP contribution in [0.3, 0.4) is 0 Å². The summed E-state index contributed by atoms with van der Waals surface area (Å²) in [7, 11) is -1.62. The maximum Gasteiger partial charge on any atom is 0.308 e. The van der Waals surface area contributed by atoms with Crippen molar-refractivity contribution in [1.29, 1.82) is 0 Å². The third kappa shape index (κ3) is 9.24. The van der Waals surface area contributed by atoms with Gasteiger partial charge in [-0.3, -0.25) is 4.79 Å². The van der Waals surface area contributed by atoms with E-state index >= 15 is 0 Å². The monoisotopic (exact) mass is 514 g/mol. The molecule has 0 saturated carbocycles. The minimum absolute atomic E-state index is 0.264. The van der Waals surface area contributed by atoms with Crippen LogP contribution in [0.15, 0.2) is 36.4 Å². The first kappa shape index (κ1) is 29.3. The van der Waals surface area contributed by atoms with Crippen LogP contribution >= 0.6 is 0 Å². The van der Waals surface area contributed by atoms with Crippen molar-refractivity contribution in [2.75, 3.05) is 7.11 Å². The van der Waals surface area contributed by atoms with E-state index in [4.69, 9.17) is 13.6 Å². The highest BCUT2D eigenvalue weighted by molar-refractivity contribution is 6.84. The molecule has 2 rings (SSSR count). The SMILES string of the molecule is CCCC[Si](C)(C)O[Si](C)(C)CCCC(c1ccc(OC)c(C)c1)c1ccc(OC(C)=O)c(C)c1. The van der Waals surface area contributed by atoms with E-state index < -0.39 is 16.6 Å². The molecule has 0 aromatic heterocycles. The van der Waals surface area contributed by atoms with E-state index in [9.17, 15) is 4.79 Å². The molecule has 0 radical (unpaired) electrons. The van der Waals surface area contributed by atoms with Gasteiger partial charge in [-0.25, -0.2) is 0 Å². The number of hydrogen-bond acceptors (Lipinski definition) is 4. The third-order valence-corrected chi connectivity index (χ3v) is 14.2. The fourth-order valence-corrected chi connectivity index (χ4v) is 14.0. The van der Waals surface area contributed by atoms with Crippen molar-refractivity contribution in [3.63, 3.8) is 0 Å². The molecule has 0 bridgehead atoms. The predicted octanol–water partition coefficient (Wildman–Crippen LogP) is 8.38. The standard InChI is InChI=1S/C29H46O4Si2/c1-10-11-18-34(6,7)33-35(8,9)19-12-13-27(25-14-16-28(31-5)22(2)20-25)26-15-17-29(23(3)21-26)32-24(4)30/h14-17,20-21,27H,10-13,18-19H2,1-9H3. The molecule has 4 nitrogen and oxygen atoms in total. The van der Waals surface area contributed by atoms with Crippen LogP contribution in [0.2, 0.25) is 38.3 Å². The topological polar surface area (TPSA) is 44.8 Å². The number of aryl methyl sites for hydroxylation is 2. The molecule has 0 spiro atoms. The van der Waals surface area contributed by atoms with Crippen molar-refractivity contribution in [3.05, 3.63) is 58.7 Å². The van der Waals surface area contributed by atoms with Crippen LogP contribution in [0.25, 0.3) is 0 Å². The van der Waals surface area contributed by atoms with Crippen molar-refractivity contribution in [2.45, 2.75) is 97.6 Å². The molecule has 0 aliphatic rings. The number of hydrogen-bond donors (Lipinski definition) is 0. The van der Waals surface area contributed by atoms with Gasteiger partial charge >= 0.3 is 5.97 Å². The maximum absolute atomic E-state index is 11.5. The van der Waals surface area contributed by atoms with Gasteiger partial charge in [0.15, 0.2) is 16.6 Å². The smallest absolute Gasteiger partial charge is 0.308 e. The fraction of sp³-hybridized carbons (Fsp3) is 0.552. The number of carbonyl (C=O) groups is 1. The zero-order valence-electron chi connectivity index (χ0n) is 23.4. The van der Waals surface area contributed by atoms with Crippen molar-refractivity contribution in [1.82, 2.24) is 0 Å². The van der Waals surface area contributed by atoms with Gasteiger partial charge in [0, 0.05) is 12.8 Å². The summed E-state index contributed by atoms with van der Waals surface area (Å²) in [4.78, 5) is 11.5. The molecule has 1 atom stereocenters. The second kappa shape index (κ2) is 12.9. The Morgan fingerprint density at radius 2 is 1.37 bits per heavy atom. The molecule has 0 fully saturated rings. The maximum atomic E-state index is 11.5. The van der Waals surface area contributed by atoms with E-state index in [1.807, 2.05) is 13.0 Å². The van der Waals surface area contributed by atoms with Gasteiger partial charge in [0.05, 0.1) is 7.11 Å². The number of carbonyl (C=O) groups excluding carboxylic acids is 1. The highest BCUT2D eigenvalue weighted by Crippen LogP contribution is 2.36. The third-order valence-electron chi connectivity index (χ3n) is 6.63. The van der Waals surface area contributed by atoms with Crippen LogP contribution in [-0.2, 0) is 8.91 Å². The zero-order valence-corrected chi connectivity index (χ0v) is 25.4. The Balaban J connectivity index is 2.25. The largest absolute Gasteiger partial charge is 0.496 e. The fourth-order valence-electron chi connectivity index (χ4n) is 4.99. The van der Waals surface area contributed by atoms with E-state index in [1.165, 1.54) is 36.9 Å². The molecule has 0 N–H and O–H groups in total. The van der Waals surface area contributed by atoms with E-state index in [0.717, 1.165) is 35.8 Å². The lowest BCUT2D eigenvalue weighted by Gasteiger charge is -2.34. The van der Waals surface area contributed by atoms with Gasteiger partial charge in [-0.05, 0) is 92.9 Å². The lowest BCUT2D eigenvalue weighted by Crippen LogP contribution is -2.44. The van der Waals surface area contributed by atoms with Crippen LogP contribution in [0.4, 0.5) is 0 Å². The second-order valence-corrected chi connectivity index (χ2v) is 19.9. The summed E-state index contributed by atoms with van der Waals surface area (Å²) in [5.74, 6) is 1.52. The highest BCUT2D eigenvalue weighted by atomic mass is 28.4. The van der Waals surface area contributed by atoms with E-state index in [0.29, 0.717) is 5.75 Å². The van der Waals surface area contributed by atoms with Crippen molar-refractivity contribution < 1.29 is 18.4 Å². The van der Waals surface area contributed by atoms with Gasteiger partial charge in [-0.1, -0.05) is 50.5 Å². The Hall–Kier alpha value is -1.90. The molecule has 0 aliphatic heterocycles. The summed E-state index contributed by atoms with van der Waals surface area (Å²) >= 11 is 0. The Bertz CT molecular complexity index is 985. The summed E-state index contributed by atoms with van der Waals surface area (Å²) in [6, 6.07) is 15.1. The summed E-state index contributed by atoms with van der Waals surface area (Å²) in [5.41, 5.74) is 4.67. The number of rotatable bonds is 13. The Morgan fingerprint density at radius 3 is 1.83 bits per heavy atom. The predicted molar refractivity (Wildman–Crippen MR) is 152 cm³/mol. The Morgan fingerprint density at radius 1 is 0.857 bits per heavy atom. The van der Waals surface area contributed by atoms with Crippen LogP contribution in [-0.4, -0.2) is 29.7 Å². The van der Waals surface area contributed by atoms with Gasteiger partial charge in [-0.2, -0.15) is 0 Å². The van der Waals surface area contributed by atoms with Crippen LogP contribution in [0.5, 0.6) is 11.5 Å². The van der Waals surface area contributed by atoms with E-state index in [2.05, 4.69) is 70.4 Å². The molecule has 35 heavy (non-hydrogen) atoms. The number of esters is 1. The zero-order chi connectivity index (χ0) is 26.2. The lowest BCUT2D eigenvalue weighted by atomic mass is 9.86. The highest BCUT2D eigenvalue weighted by Gasteiger charge is 2.32. The summed E-state index contributed by atoms with van der Waals surface area (Å²) in [6.07, 6.45) is 4.68. The summed E-state index contributed by atoms with van der Waals surface area (Å²) < 4.78 is 17.7. The molecule has 2 aromatic carbocycles. The quantitative estimate of drug-likeness (QED) is 0.153. The first-order valence-electron chi connectivity index (χ1n) is 13.0. The van der Waals surface area contributed by atoms with Gasteiger partial charge in [0.25, 0.3) is 0 Å². The van der Waals surface area contributed by atoms with Gasteiger partial charge in [0.1, 0.15) is 11.5 Å². The van der Waals surface area contributed by atoms with Crippen LogP contribution in [0.1, 0.15) is 67.7 Å². The molecule has 1 unspecified atom stereocenters. The van der Waals surface area contributed by atoms with Gasteiger partial charge < -0.3 is 13.6 Å². The normalized spacial score (nSPS) is 12.9. The molecule has 0 saturated heterocycles. The number of ether oxygens (including phenoxy) is 2. The number of benzene rings is 2. The van der Waals surface area contributed by atoms with Crippen molar-refractivity contribution in [2.24, 2.45) is 0 Å². The van der Waals surface area contributed by atoms with Gasteiger partial charge in [-0.15, -0.1) is 0 Å². The van der Waals surface area contributed by atoms with Gasteiger partial charge in [0.2, 0.25) is 0 Å². The molecule has 6 heteroatoms. The van der Waals surface area contributed by atoms with Crippen LogP contribution < -0.4 is 9.47 Å². The van der Waals surface area contributed by atoms with E-state index in [1.54, 1.807) is 7.11 Å². The molecule has 0 aliphatic carbocycles. The molecule has 0 amide bonds. The molecular formula is C29H46O4Si2.